The zero-order valence-corrected chi connectivity index (χ0v) is 16.2. The molecule has 8 nitrogen and oxygen atoms in total. The van der Waals surface area contributed by atoms with Gasteiger partial charge in [-0.3, -0.25) is 9.69 Å². The van der Waals surface area contributed by atoms with E-state index < -0.39 is 17.9 Å². The smallest absolute Gasteiger partial charge is 0.373 e. The molecule has 3 heterocycles. The first-order valence-electron chi connectivity index (χ1n) is 8.96. The van der Waals surface area contributed by atoms with Crippen LogP contribution >= 0.6 is 0 Å². The van der Waals surface area contributed by atoms with Crippen LogP contribution in [0.4, 0.5) is 4.79 Å². The lowest BCUT2D eigenvalue weighted by molar-refractivity contribution is -0.123. The molecule has 1 N–H and O–H groups in total. The van der Waals surface area contributed by atoms with Crippen LogP contribution in [0.1, 0.15) is 27.6 Å². The van der Waals surface area contributed by atoms with Gasteiger partial charge in [0.15, 0.2) is 0 Å². The number of hydrogen-bond acceptors (Lipinski definition) is 5. The van der Waals surface area contributed by atoms with Gasteiger partial charge < -0.3 is 19.0 Å². The van der Waals surface area contributed by atoms with Crippen LogP contribution in [-0.4, -0.2) is 34.5 Å². The van der Waals surface area contributed by atoms with Gasteiger partial charge in [-0.05, 0) is 31.2 Å². The number of fused-ring (bicyclic) bond motifs is 1. The number of carbonyl (C=O) groups excluding carboxylic acids is 3. The summed E-state index contributed by atoms with van der Waals surface area (Å²) in [4.78, 5) is 37.7. The number of imide groups is 1. The number of esters is 1. The maximum Gasteiger partial charge on any atom is 0.373 e. The van der Waals surface area contributed by atoms with Crippen LogP contribution in [0.2, 0.25) is 0 Å². The number of nitrogens with one attached hydrogen (secondary N) is 1. The number of nitrogens with zero attached hydrogens (tertiary/aromatic N) is 2. The fraction of sp³-hybridized carbons (Fsp3) is 0.190. The van der Waals surface area contributed by atoms with Crippen LogP contribution in [0.3, 0.4) is 0 Å². The zero-order chi connectivity index (χ0) is 20.7. The summed E-state index contributed by atoms with van der Waals surface area (Å²) in [6.07, 6.45) is 1.69. The lowest BCUT2D eigenvalue weighted by Gasteiger charge is -2.09. The average Bonchev–Trinajstić information content (AvgIpc) is 3.37. The number of furan rings is 1. The topological polar surface area (TPSA) is 93.8 Å². The molecule has 0 radical (unpaired) electrons. The summed E-state index contributed by atoms with van der Waals surface area (Å²) in [6.45, 7) is 1.87. The first-order valence-corrected chi connectivity index (χ1v) is 8.96. The van der Waals surface area contributed by atoms with Crippen LogP contribution in [0.15, 0.2) is 46.5 Å². The minimum Gasteiger partial charge on any atom is -0.463 e. The molecule has 0 bridgehead atoms. The predicted molar refractivity (Wildman–Crippen MR) is 105 cm³/mol. The van der Waals surface area contributed by atoms with E-state index >= 15 is 0 Å². The van der Waals surface area contributed by atoms with Gasteiger partial charge in [-0.2, -0.15) is 0 Å². The monoisotopic (exact) mass is 393 g/mol. The molecule has 0 aliphatic carbocycles. The van der Waals surface area contributed by atoms with Gasteiger partial charge in [0.2, 0.25) is 5.76 Å². The van der Waals surface area contributed by atoms with E-state index in [1.54, 1.807) is 6.08 Å². The number of rotatable bonds is 4. The number of amides is 3. The molecule has 3 aromatic rings. The molecular weight excluding hydrogens is 374 g/mol. The molecule has 0 unspecified atom stereocenters. The molecule has 3 amide bonds. The first-order chi connectivity index (χ1) is 13.9. The summed E-state index contributed by atoms with van der Waals surface area (Å²) in [5.41, 5.74) is 3.08. The van der Waals surface area contributed by atoms with Gasteiger partial charge in [-0.15, -0.1) is 0 Å². The van der Waals surface area contributed by atoms with Crippen molar-refractivity contribution in [2.45, 2.75) is 13.5 Å². The number of hydrogen-bond donors (Lipinski definition) is 1. The molecule has 0 spiro atoms. The summed E-state index contributed by atoms with van der Waals surface area (Å²) in [6, 6.07) is 10.3. The van der Waals surface area contributed by atoms with Crippen molar-refractivity contribution in [2.24, 2.45) is 7.05 Å². The van der Waals surface area contributed by atoms with Gasteiger partial charge in [0.25, 0.3) is 5.91 Å². The Balaban J connectivity index is 1.63. The molecule has 0 atom stereocenters. The third-order valence-electron chi connectivity index (χ3n) is 5.06. The van der Waals surface area contributed by atoms with Gasteiger partial charge in [-0.1, -0.05) is 18.2 Å². The molecule has 1 saturated heterocycles. The number of ether oxygens (including phenoxy) is 1. The molecule has 29 heavy (non-hydrogen) atoms. The highest BCUT2D eigenvalue weighted by molar-refractivity contribution is 6.14. The zero-order valence-electron chi connectivity index (χ0n) is 16.2. The van der Waals surface area contributed by atoms with Crippen molar-refractivity contribution < 1.29 is 23.5 Å². The van der Waals surface area contributed by atoms with Gasteiger partial charge in [-0.25, -0.2) is 9.59 Å². The molecule has 1 aliphatic rings. The SMILES string of the molecule is COC(=O)c1ccc(CN2C(=O)N/C(=C\c3c(C)n(C)c4ccccc34)C2=O)o1. The van der Waals surface area contributed by atoms with E-state index in [0.29, 0.717) is 5.76 Å². The van der Waals surface area contributed by atoms with Gasteiger partial charge in [0.05, 0.1) is 13.7 Å². The molecule has 0 saturated carbocycles. The van der Waals surface area contributed by atoms with Crippen molar-refractivity contribution in [3.8, 4) is 0 Å². The summed E-state index contributed by atoms with van der Waals surface area (Å²) in [7, 11) is 3.20. The summed E-state index contributed by atoms with van der Waals surface area (Å²) in [5, 5.41) is 3.62. The second-order valence-electron chi connectivity index (χ2n) is 6.71. The van der Waals surface area contributed by atoms with Gasteiger partial charge in [0.1, 0.15) is 11.5 Å². The Morgan fingerprint density at radius 1 is 1.21 bits per heavy atom. The van der Waals surface area contributed by atoms with E-state index in [-0.39, 0.29) is 18.0 Å². The Bertz CT molecular complexity index is 1180. The fourth-order valence-corrected chi connectivity index (χ4v) is 3.42. The maximum absolute atomic E-state index is 12.8. The normalized spacial score (nSPS) is 15.4. The van der Waals surface area contributed by atoms with Crippen molar-refractivity contribution in [2.75, 3.05) is 7.11 Å². The van der Waals surface area contributed by atoms with Crippen molar-refractivity contribution in [1.29, 1.82) is 0 Å². The minimum atomic E-state index is -0.625. The van der Waals surface area contributed by atoms with Crippen molar-refractivity contribution in [3.63, 3.8) is 0 Å². The number of para-hydroxylation sites is 1. The Hall–Kier alpha value is -3.81. The molecule has 148 valence electrons. The average molecular weight is 393 g/mol. The molecule has 4 rings (SSSR count). The molecule has 1 fully saturated rings. The van der Waals surface area contributed by atoms with Crippen LogP contribution in [0.5, 0.6) is 0 Å². The van der Waals surface area contributed by atoms with Crippen molar-refractivity contribution in [3.05, 3.63) is 64.9 Å². The van der Waals surface area contributed by atoms with Crippen LogP contribution in [-0.2, 0) is 23.1 Å². The van der Waals surface area contributed by atoms with E-state index in [2.05, 4.69) is 10.1 Å². The lowest BCUT2D eigenvalue weighted by atomic mass is 10.1. The van der Waals surface area contributed by atoms with E-state index in [4.69, 9.17) is 4.42 Å². The number of methoxy groups -OCH3 is 1. The van der Waals surface area contributed by atoms with Crippen molar-refractivity contribution >= 4 is 34.9 Å². The van der Waals surface area contributed by atoms with E-state index in [1.165, 1.54) is 19.2 Å². The largest absolute Gasteiger partial charge is 0.463 e. The summed E-state index contributed by atoms with van der Waals surface area (Å²) < 4.78 is 12.0. The second-order valence-corrected chi connectivity index (χ2v) is 6.71. The highest BCUT2D eigenvalue weighted by Crippen LogP contribution is 2.28. The highest BCUT2D eigenvalue weighted by Gasteiger charge is 2.34. The first kappa shape index (κ1) is 18.5. The van der Waals surface area contributed by atoms with Gasteiger partial charge in [0, 0.05) is 29.2 Å². The predicted octanol–water partition coefficient (Wildman–Crippen LogP) is 2.96. The Kier molecular flexibility index (Phi) is 4.46. The van der Waals surface area contributed by atoms with E-state index in [0.717, 1.165) is 27.1 Å². The third kappa shape index (κ3) is 3.08. The Morgan fingerprint density at radius 2 is 1.97 bits per heavy atom. The van der Waals surface area contributed by atoms with Gasteiger partial charge >= 0.3 is 12.0 Å². The standard InChI is InChI=1S/C21H19N3O5/c1-12-15(14-6-4-5-7-17(14)23(12)2)10-16-19(25)24(21(27)22-16)11-13-8-9-18(29-13)20(26)28-3/h4-10H,11H2,1-3H3,(H,22,27)/b16-10-. The number of carbonyl (C=O) groups is 3. The Labute approximate surface area is 166 Å². The van der Waals surface area contributed by atoms with Crippen LogP contribution in [0, 0.1) is 6.92 Å². The number of aryl methyl sites for hydroxylation is 1. The van der Waals surface area contributed by atoms with E-state index in [1.807, 2.05) is 42.8 Å². The number of urea groups is 1. The quantitative estimate of drug-likeness (QED) is 0.418. The number of benzene rings is 1. The highest BCUT2D eigenvalue weighted by atomic mass is 16.5. The summed E-state index contributed by atoms with van der Waals surface area (Å²) >= 11 is 0. The molecular formula is C21H19N3O5. The summed E-state index contributed by atoms with van der Waals surface area (Å²) in [5.74, 6) is -0.771. The van der Waals surface area contributed by atoms with Crippen molar-refractivity contribution in [1.82, 2.24) is 14.8 Å². The fourth-order valence-electron chi connectivity index (χ4n) is 3.42. The lowest BCUT2D eigenvalue weighted by Crippen LogP contribution is -2.30. The van der Waals surface area contributed by atoms with Crippen LogP contribution < -0.4 is 5.32 Å². The van der Waals surface area contributed by atoms with Crippen LogP contribution in [0.25, 0.3) is 17.0 Å². The molecule has 2 aromatic heterocycles. The van der Waals surface area contributed by atoms with E-state index in [9.17, 15) is 14.4 Å². The second kappa shape index (κ2) is 6.97. The third-order valence-corrected chi connectivity index (χ3v) is 5.06. The molecule has 1 aliphatic heterocycles. The maximum atomic E-state index is 12.8. The Morgan fingerprint density at radius 3 is 2.72 bits per heavy atom. The molecule has 1 aromatic carbocycles. The molecule has 8 heteroatoms. The minimum absolute atomic E-state index is 0.0108. The number of aromatic nitrogens is 1.